The molecule has 4 aromatic carbocycles. The second-order valence-corrected chi connectivity index (χ2v) is 22.1. The van der Waals surface area contributed by atoms with E-state index in [2.05, 4.69) is 156 Å². The molecule has 5 heteroatoms. The first-order chi connectivity index (χ1) is 25.7. The fourth-order valence-corrected chi connectivity index (χ4v) is 12.8. The number of hydrogen-bond acceptors (Lipinski definition) is 2. The molecular formula is C50H60Cl2O2Si. The topological polar surface area (TPSA) is 18.5 Å². The molecule has 6 rings (SSSR count). The van der Waals surface area contributed by atoms with E-state index in [0.717, 1.165) is 68.8 Å². The predicted octanol–water partition coefficient (Wildman–Crippen LogP) is 14.5. The summed E-state index contributed by atoms with van der Waals surface area (Å²) in [6.45, 7) is 27.4. The molecule has 4 aromatic rings. The Hall–Kier alpha value is -3.24. The number of hydrogen-bond donors (Lipinski definition) is 0. The van der Waals surface area contributed by atoms with Crippen LogP contribution in [0.2, 0.25) is 0 Å². The minimum atomic E-state index is -0.861. The van der Waals surface area contributed by atoms with Crippen molar-refractivity contribution in [3.63, 3.8) is 0 Å². The first-order valence-electron chi connectivity index (χ1n) is 19.9. The zero-order valence-electron chi connectivity index (χ0n) is 35.6. The number of fused-ring (bicyclic) bond motifs is 2. The summed E-state index contributed by atoms with van der Waals surface area (Å²) >= 11 is 17.2. The lowest BCUT2D eigenvalue weighted by Gasteiger charge is -2.38. The summed E-state index contributed by atoms with van der Waals surface area (Å²) in [5.74, 6) is 2.62. The van der Waals surface area contributed by atoms with E-state index < -0.39 is 8.99 Å². The molecule has 2 radical (unpaired) electrons. The molecule has 0 aliphatic heterocycles. The van der Waals surface area contributed by atoms with E-state index in [0.29, 0.717) is 11.8 Å². The van der Waals surface area contributed by atoms with Gasteiger partial charge in [0.2, 0.25) is 0 Å². The highest BCUT2D eigenvalue weighted by Crippen LogP contribution is 2.63. The summed E-state index contributed by atoms with van der Waals surface area (Å²) in [6.07, 6.45) is 1.73. The highest BCUT2D eigenvalue weighted by atomic mass is 35.5. The first kappa shape index (κ1) is 41.4. The Morgan fingerprint density at radius 3 is 1.16 bits per heavy atom. The Balaban J connectivity index is 1.75. The maximum absolute atomic E-state index is 8.60. The minimum Gasteiger partial charge on any atom is -0.496 e. The molecule has 0 bridgehead atoms. The monoisotopic (exact) mass is 790 g/mol. The molecular weight excluding hydrogens is 732 g/mol. The van der Waals surface area contributed by atoms with E-state index in [1.54, 1.807) is 0 Å². The van der Waals surface area contributed by atoms with Crippen molar-refractivity contribution < 1.29 is 9.47 Å². The second kappa shape index (κ2) is 14.9. The Labute approximate surface area is 344 Å². The standard InChI is InChI=1S/C50H60Cl2O2Si/c1-29(2)25-35-31(5)41-37(27-39(47(7,8)9)45(53-13)43(41)33-21-17-15-18-22-33)49(35,51)55-50(52)36(26-30(3)4)32(6)42-38(50)28-40(48(10,11)12)46(54-14)44(42)34-23-19-16-20-24-34/h15-24,27-30H,25-26H2,1-14H3. The Morgan fingerprint density at radius 1 is 0.564 bits per heavy atom. The number of benzene rings is 4. The molecule has 2 atom stereocenters. The molecule has 2 aliphatic rings. The summed E-state index contributed by atoms with van der Waals surface area (Å²) in [5, 5.41) is 0. The molecule has 0 amide bonds. The van der Waals surface area contributed by atoms with Crippen LogP contribution < -0.4 is 9.47 Å². The van der Waals surface area contributed by atoms with Crippen molar-refractivity contribution in [1.29, 1.82) is 0 Å². The summed E-state index contributed by atoms with van der Waals surface area (Å²) in [4.78, 5) is 0. The molecule has 2 unspecified atom stereocenters. The smallest absolute Gasteiger partial charge is 0.131 e. The van der Waals surface area contributed by atoms with Crippen molar-refractivity contribution in [1.82, 2.24) is 0 Å². The number of methoxy groups -OCH3 is 2. The zero-order chi connectivity index (χ0) is 40.4. The SMILES string of the molecule is COc1c(C(C)(C)C)cc2c(c1-c1ccccc1)C(C)=C(CC(C)C)C2(Cl)[Si]C1(Cl)C(CC(C)C)=C(C)c2c1cc(C(C)(C)C)c(OC)c2-c1ccccc1. The summed E-state index contributed by atoms with van der Waals surface area (Å²) < 4.78 is 11.1. The largest absolute Gasteiger partial charge is 0.496 e. The van der Waals surface area contributed by atoms with Gasteiger partial charge >= 0.3 is 0 Å². The number of rotatable bonds is 10. The fraction of sp³-hybridized carbons (Fsp3) is 0.440. The quantitative estimate of drug-likeness (QED) is 0.118. The van der Waals surface area contributed by atoms with Crippen molar-refractivity contribution in [3.8, 4) is 33.8 Å². The average Bonchev–Trinajstić information content (AvgIpc) is 3.44. The van der Waals surface area contributed by atoms with Crippen LogP contribution in [0.25, 0.3) is 33.4 Å². The molecule has 0 fully saturated rings. The van der Waals surface area contributed by atoms with Gasteiger partial charge in [-0.05, 0) is 117 Å². The number of ether oxygens (including phenoxy) is 2. The van der Waals surface area contributed by atoms with Crippen LogP contribution in [0.4, 0.5) is 0 Å². The van der Waals surface area contributed by atoms with Gasteiger partial charge in [-0.2, -0.15) is 0 Å². The van der Waals surface area contributed by atoms with E-state index in [1.165, 1.54) is 33.4 Å². The predicted molar refractivity (Wildman–Crippen MR) is 239 cm³/mol. The molecule has 0 aromatic heterocycles. The van der Waals surface area contributed by atoms with Crippen LogP contribution in [-0.2, 0) is 19.8 Å². The van der Waals surface area contributed by atoms with Crippen molar-refractivity contribution in [2.45, 2.75) is 116 Å². The van der Waals surface area contributed by atoms with Crippen LogP contribution in [0.3, 0.4) is 0 Å². The van der Waals surface area contributed by atoms with Gasteiger partial charge in [0, 0.05) is 22.3 Å². The lowest BCUT2D eigenvalue weighted by atomic mass is 9.80. The Morgan fingerprint density at radius 2 is 0.891 bits per heavy atom. The first-order valence-corrected chi connectivity index (χ1v) is 21.7. The lowest BCUT2D eigenvalue weighted by molar-refractivity contribution is 0.398. The summed E-state index contributed by atoms with van der Waals surface area (Å²) in [6, 6.07) is 26.2. The average molecular weight is 792 g/mol. The third-order valence-corrected chi connectivity index (χ3v) is 14.8. The number of halogens is 2. The molecule has 0 heterocycles. The molecule has 2 aliphatic carbocycles. The molecule has 2 nitrogen and oxygen atoms in total. The molecule has 0 N–H and O–H groups in total. The minimum absolute atomic E-state index is 0.107. The summed E-state index contributed by atoms with van der Waals surface area (Å²) in [5.41, 5.74) is 16.1. The lowest BCUT2D eigenvalue weighted by Crippen LogP contribution is -2.42. The molecule has 0 saturated heterocycles. The fourth-order valence-electron chi connectivity index (χ4n) is 9.02. The number of allylic oxidation sites excluding steroid dienone is 4. The van der Waals surface area contributed by atoms with Crippen LogP contribution >= 0.6 is 23.2 Å². The third kappa shape index (κ3) is 7.06. The van der Waals surface area contributed by atoms with E-state index in [1.807, 2.05) is 14.2 Å². The van der Waals surface area contributed by atoms with Crippen molar-refractivity contribution in [3.05, 3.63) is 117 Å². The molecule has 0 saturated carbocycles. The van der Waals surface area contributed by atoms with Crippen LogP contribution in [0, 0.1) is 11.8 Å². The normalized spacial score (nSPS) is 19.8. The van der Waals surface area contributed by atoms with Crippen LogP contribution in [0.5, 0.6) is 11.5 Å². The molecule has 55 heavy (non-hydrogen) atoms. The van der Waals surface area contributed by atoms with Gasteiger partial charge in [-0.3, -0.25) is 0 Å². The molecule has 290 valence electrons. The molecule has 0 spiro atoms. The maximum Gasteiger partial charge on any atom is 0.131 e. The van der Waals surface area contributed by atoms with Gasteiger partial charge in [-0.15, -0.1) is 23.2 Å². The Kier molecular flexibility index (Phi) is 11.2. The van der Waals surface area contributed by atoms with E-state index in [-0.39, 0.29) is 20.3 Å². The highest BCUT2D eigenvalue weighted by Gasteiger charge is 2.55. The van der Waals surface area contributed by atoms with E-state index in [9.17, 15) is 0 Å². The highest BCUT2D eigenvalue weighted by molar-refractivity contribution is 6.70. The van der Waals surface area contributed by atoms with Gasteiger partial charge in [-0.25, -0.2) is 0 Å². The van der Waals surface area contributed by atoms with E-state index >= 15 is 0 Å². The van der Waals surface area contributed by atoms with Gasteiger partial charge in [0.25, 0.3) is 0 Å². The van der Waals surface area contributed by atoms with Gasteiger partial charge in [0.05, 0.1) is 23.2 Å². The summed E-state index contributed by atoms with van der Waals surface area (Å²) in [7, 11) is 3.72. The second-order valence-electron chi connectivity index (χ2n) is 18.6. The van der Waals surface area contributed by atoms with Crippen molar-refractivity contribution in [2.24, 2.45) is 11.8 Å². The van der Waals surface area contributed by atoms with Crippen molar-refractivity contribution >= 4 is 43.9 Å². The van der Waals surface area contributed by atoms with Gasteiger partial charge in [0.1, 0.15) is 21.0 Å². The van der Waals surface area contributed by atoms with E-state index in [4.69, 9.17) is 32.7 Å². The third-order valence-electron chi connectivity index (χ3n) is 11.5. The van der Waals surface area contributed by atoms with Gasteiger partial charge in [0.15, 0.2) is 0 Å². The van der Waals surface area contributed by atoms with Gasteiger partial charge in [-0.1, -0.05) is 130 Å². The van der Waals surface area contributed by atoms with Crippen LogP contribution in [0.1, 0.15) is 129 Å². The maximum atomic E-state index is 8.60. The Bertz CT molecular complexity index is 2010. The zero-order valence-corrected chi connectivity index (χ0v) is 38.1. The van der Waals surface area contributed by atoms with Crippen LogP contribution in [-0.4, -0.2) is 23.7 Å². The van der Waals surface area contributed by atoms with Crippen LogP contribution in [0.15, 0.2) is 83.9 Å². The van der Waals surface area contributed by atoms with Crippen molar-refractivity contribution in [2.75, 3.05) is 14.2 Å². The van der Waals surface area contributed by atoms with Gasteiger partial charge < -0.3 is 9.47 Å². The number of alkyl halides is 2.